The smallest absolute Gasteiger partial charge is 0.226 e. The quantitative estimate of drug-likeness (QED) is 0.687. The second kappa shape index (κ2) is 4.94. The van der Waals surface area contributed by atoms with E-state index < -0.39 is 15.8 Å². The van der Waals surface area contributed by atoms with Crippen LogP contribution in [0.5, 0.6) is 0 Å². The highest BCUT2D eigenvalue weighted by Crippen LogP contribution is 2.06. The number of nitrogens with one attached hydrogen (secondary N) is 1. The highest BCUT2D eigenvalue weighted by molar-refractivity contribution is 7.90. The van der Waals surface area contributed by atoms with Crippen LogP contribution in [0.15, 0.2) is 0 Å². The van der Waals surface area contributed by atoms with Crippen molar-refractivity contribution in [3.63, 3.8) is 0 Å². The third kappa shape index (κ3) is 4.17. The molecule has 6 heteroatoms. The fourth-order valence-corrected chi connectivity index (χ4v) is 2.77. The molecule has 1 atom stereocenters. The zero-order chi connectivity index (χ0) is 11.5. The minimum atomic E-state index is -3.07. The van der Waals surface area contributed by atoms with E-state index in [-0.39, 0.29) is 11.7 Å². The standard InChI is InChI=1S/C9H18N2O3S/c1-8(7-15(2,13)14)9(12)11-5-3-10-4-6-11/h8,10H,3-7H2,1-2H3. The molecule has 1 aliphatic heterocycles. The Hall–Kier alpha value is -0.620. The Kier molecular flexibility index (Phi) is 4.10. The second-order valence-corrected chi connectivity index (χ2v) is 6.25. The molecular formula is C9H18N2O3S. The summed E-state index contributed by atoms with van der Waals surface area (Å²) in [5.41, 5.74) is 0. The molecule has 0 aromatic rings. The van der Waals surface area contributed by atoms with Gasteiger partial charge in [0.1, 0.15) is 9.84 Å². The summed E-state index contributed by atoms with van der Waals surface area (Å²) in [5, 5.41) is 3.14. The van der Waals surface area contributed by atoms with Crippen LogP contribution in [0.25, 0.3) is 0 Å². The maximum absolute atomic E-state index is 11.8. The van der Waals surface area contributed by atoms with E-state index in [0.29, 0.717) is 13.1 Å². The fraction of sp³-hybridized carbons (Fsp3) is 0.889. The lowest BCUT2D eigenvalue weighted by Crippen LogP contribution is -2.48. The average molecular weight is 234 g/mol. The molecule has 1 aliphatic rings. The highest BCUT2D eigenvalue weighted by Gasteiger charge is 2.24. The Morgan fingerprint density at radius 1 is 1.40 bits per heavy atom. The molecule has 0 aliphatic carbocycles. The van der Waals surface area contributed by atoms with Crippen molar-refractivity contribution in [1.82, 2.24) is 10.2 Å². The van der Waals surface area contributed by atoms with Gasteiger partial charge < -0.3 is 10.2 Å². The average Bonchev–Trinajstić information content (AvgIpc) is 2.15. The first kappa shape index (κ1) is 12.4. The molecule has 15 heavy (non-hydrogen) atoms. The Balaban J connectivity index is 2.51. The van der Waals surface area contributed by atoms with Crippen molar-refractivity contribution in [1.29, 1.82) is 0 Å². The molecule has 0 saturated carbocycles. The van der Waals surface area contributed by atoms with Crippen molar-refractivity contribution in [2.45, 2.75) is 6.92 Å². The number of sulfone groups is 1. The Bertz CT molecular complexity index is 320. The van der Waals surface area contributed by atoms with E-state index >= 15 is 0 Å². The highest BCUT2D eigenvalue weighted by atomic mass is 32.2. The van der Waals surface area contributed by atoms with E-state index in [0.717, 1.165) is 19.3 Å². The van der Waals surface area contributed by atoms with Gasteiger partial charge in [0.05, 0.1) is 5.75 Å². The first-order chi connectivity index (χ1) is 6.90. The van der Waals surface area contributed by atoms with Gasteiger partial charge in [0, 0.05) is 38.4 Å². The molecule has 1 N–H and O–H groups in total. The molecule has 1 fully saturated rings. The van der Waals surface area contributed by atoms with Crippen molar-refractivity contribution in [2.75, 3.05) is 38.2 Å². The van der Waals surface area contributed by atoms with E-state index in [4.69, 9.17) is 0 Å². The molecule has 1 amide bonds. The van der Waals surface area contributed by atoms with Gasteiger partial charge >= 0.3 is 0 Å². The van der Waals surface area contributed by atoms with Crippen LogP contribution in [-0.2, 0) is 14.6 Å². The third-order valence-corrected chi connectivity index (χ3v) is 3.51. The van der Waals surface area contributed by atoms with Crippen LogP contribution in [0.1, 0.15) is 6.92 Å². The molecule has 1 rings (SSSR count). The normalized spacial score (nSPS) is 20.0. The molecule has 0 aromatic carbocycles. The lowest BCUT2D eigenvalue weighted by atomic mass is 10.2. The first-order valence-corrected chi connectivity index (χ1v) is 7.13. The van der Waals surface area contributed by atoms with Crippen LogP contribution in [0, 0.1) is 5.92 Å². The summed E-state index contributed by atoms with van der Waals surface area (Å²) in [4.78, 5) is 13.5. The van der Waals surface area contributed by atoms with E-state index in [9.17, 15) is 13.2 Å². The number of hydrogen-bond donors (Lipinski definition) is 1. The molecule has 1 saturated heterocycles. The molecule has 0 radical (unpaired) electrons. The topological polar surface area (TPSA) is 66.5 Å². The minimum Gasteiger partial charge on any atom is -0.340 e. The first-order valence-electron chi connectivity index (χ1n) is 5.07. The maximum Gasteiger partial charge on any atom is 0.226 e. The molecule has 88 valence electrons. The van der Waals surface area contributed by atoms with Gasteiger partial charge in [0.2, 0.25) is 5.91 Å². The summed E-state index contributed by atoms with van der Waals surface area (Å²) in [6.45, 7) is 4.60. The van der Waals surface area contributed by atoms with Crippen molar-refractivity contribution in [3.05, 3.63) is 0 Å². The van der Waals surface area contributed by atoms with Gasteiger partial charge in [-0.15, -0.1) is 0 Å². The molecule has 1 unspecified atom stereocenters. The number of amides is 1. The van der Waals surface area contributed by atoms with Gasteiger partial charge in [-0.2, -0.15) is 0 Å². The van der Waals surface area contributed by atoms with Gasteiger partial charge in [0.15, 0.2) is 0 Å². The predicted molar refractivity (Wildman–Crippen MR) is 58.3 cm³/mol. The summed E-state index contributed by atoms with van der Waals surface area (Å²) in [7, 11) is -3.07. The summed E-state index contributed by atoms with van der Waals surface area (Å²) in [5.74, 6) is -0.546. The van der Waals surface area contributed by atoms with Gasteiger partial charge in [-0.05, 0) is 0 Å². The van der Waals surface area contributed by atoms with E-state index in [2.05, 4.69) is 5.32 Å². The lowest BCUT2D eigenvalue weighted by molar-refractivity contribution is -0.134. The SMILES string of the molecule is CC(CS(C)(=O)=O)C(=O)N1CCNCC1. The molecule has 1 heterocycles. The fourth-order valence-electron chi connectivity index (χ4n) is 1.72. The zero-order valence-electron chi connectivity index (χ0n) is 9.19. The summed E-state index contributed by atoms with van der Waals surface area (Å²) in [6, 6.07) is 0. The number of carbonyl (C=O) groups is 1. The van der Waals surface area contributed by atoms with E-state index in [1.165, 1.54) is 0 Å². The second-order valence-electron chi connectivity index (χ2n) is 4.07. The maximum atomic E-state index is 11.8. The van der Waals surface area contributed by atoms with Crippen LogP contribution in [0.2, 0.25) is 0 Å². The van der Waals surface area contributed by atoms with Crippen molar-refractivity contribution in [3.8, 4) is 0 Å². The number of nitrogens with zero attached hydrogens (tertiary/aromatic N) is 1. The third-order valence-electron chi connectivity index (χ3n) is 2.40. The zero-order valence-corrected chi connectivity index (χ0v) is 10.0. The number of hydrogen-bond acceptors (Lipinski definition) is 4. The molecule has 5 nitrogen and oxygen atoms in total. The number of piperazine rings is 1. The van der Waals surface area contributed by atoms with Crippen molar-refractivity contribution < 1.29 is 13.2 Å². The van der Waals surface area contributed by atoms with Crippen molar-refractivity contribution in [2.24, 2.45) is 5.92 Å². The van der Waals surface area contributed by atoms with Crippen LogP contribution in [0.4, 0.5) is 0 Å². The van der Waals surface area contributed by atoms with Gasteiger partial charge in [-0.25, -0.2) is 8.42 Å². The Morgan fingerprint density at radius 3 is 2.40 bits per heavy atom. The summed E-state index contributed by atoms with van der Waals surface area (Å²) in [6.07, 6.45) is 1.16. The molecular weight excluding hydrogens is 216 g/mol. The van der Waals surface area contributed by atoms with Gasteiger partial charge in [-0.3, -0.25) is 4.79 Å². The Labute approximate surface area is 90.7 Å². The predicted octanol–water partition coefficient (Wildman–Crippen LogP) is -0.901. The molecule has 0 spiro atoms. The largest absolute Gasteiger partial charge is 0.340 e. The van der Waals surface area contributed by atoms with Crippen LogP contribution < -0.4 is 5.32 Å². The van der Waals surface area contributed by atoms with Crippen molar-refractivity contribution >= 4 is 15.7 Å². The van der Waals surface area contributed by atoms with Crippen LogP contribution in [-0.4, -0.2) is 57.4 Å². The van der Waals surface area contributed by atoms with Gasteiger partial charge in [0.25, 0.3) is 0 Å². The summed E-state index contributed by atoms with van der Waals surface area (Å²) < 4.78 is 22.1. The van der Waals surface area contributed by atoms with Crippen LogP contribution >= 0.6 is 0 Å². The molecule has 0 bridgehead atoms. The lowest BCUT2D eigenvalue weighted by Gasteiger charge is -2.29. The van der Waals surface area contributed by atoms with Gasteiger partial charge in [-0.1, -0.05) is 6.92 Å². The van der Waals surface area contributed by atoms with E-state index in [1.807, 2.05) is 0 Å². The van der Waals surface area contributed by atoms with Crippen LogP contribution in [0.3, 0.4) is 0 Å². The van der Waals surface area contributed by atoms with E-state index in [1.54, 1.807) is 11.8 Å². The Morgan fingerprint density at radius 2 is 1.93 bits per heavy atom. The molecule has 0 aromatic heterocycles. The number of carbonyl (C=O) groups excluding carboxylic acids is 1. The minimum absolute atomic E-state index is 0.0538. The summed E-state index contributed by atoms with van der Waals surface area (Å²) >= 11 is 0. The monoisotopic (exact) mass is 234 g/mol. The number of rotatable bonds is 3.